The number of halogens is 3. The highest BCUT2D eigenvalue weighted by Crippen LogP contribution is 2.28. The zero-order chi connectivity index (χ0) is 20.4. The summed E-state index contributed by atoms with van der Waals surface area (Å²) in [4.78, 5) is 25.7. The normalized spacial score (nSPS) is 19.6. The summed E-state index contributed by atoms with van der Waals surface area (Å²) in [5.74, 6) is -2.30. The smallest absolute Gasteiger partial charge is 0.458 e. The van der Waals surface area contributed by atoms with E-state index in [9.17, 15) is 27.9 Å². The fraction of sp³-hybridized carbons (Fsp3) is 0.529. The van der Waals surface area contributed by atoms with E-state index < -0.39 is 41.8 Å². The van der Waals surface area contributed by atoms with Crippen LogP contribution in [0.1, 0.15) is 20.8 Å². The highest BCUT2D eigenvalue weighted by atomic mass is 19.4. The summed E-state index contributed by atoms with van der Waals surface area (Å²) in [6.45, 7) is 4.80. The van der Waals surface area contributed by atoms with Gasteiger partial charge in [-0.1, -0.05) is 6.07 Å². The van der Waals surface area contributed by atoms with Gasteiger partial charge in [-0.25, -0.2) is 4.79 Å². The fourth-order valence-corrected chi connectivity index (χ4v) is 2.42. The molecule has 0 spiro atoms. The molecule has 1 aliphatic rings. The van der Waals surface area contributed by atoms with Crippen LogP contribution < -0.4 is 9.64 Å². The monoisotopic (exact) mass is 391 g/mol. The molecule has 27 heavy (non-hydrogen) atoms. The lowest BCUT2D eigenvalue weighted by atomic mass is 10.1. The Bertz CT molecular complexity index is 701. The van der Waals surface area contributed by atoms with E-state index in [0.717, 1.165) is 17.0 Å². The molecule has 0 saturated carbocycles. The number of aliphatic hydroxyl groups is 1. The summed E-state index contributed by atoms with van der Waals surface area (Å²) in [5.41, 5.74) is -0.759. The molecule has 1 aromatic carbocycles. The Hall–Kier alpha value is -2.33. The van der Waals surface area contributed by atoms with Gasteiger partial charge in [0.05, 0.1) is 6.61 Å². The molecule has 0 aliphatic carbocycles. The van der Waals surface area contributed by atoms with Gasteiger partial charge in [-0.3, -0.25) is 4.79 Å². The molecule has 0 aromatic heterocycles. The lowest BCUT2D eigenvalue weighted by Gasteiger charge is -2.34. The number of amides is 1. The van der Waals surface area contributed by atoms with Gasteiger partial charge < -0.3 is 24.2 Å². The average molecular weight is 391 g/mol. The molecule has 0 radical (unpaired) electrons. The standard InChI is InChI=1S/C17H20F3NO6/c1-16(2,3)27-15(24)12(22)13-14(23)21(7-8-25-13)10-5-4-6-11(9-10)26-17(18,19)20/h4-6,9,12-13,22H,7-8H2,1-3H3. The van der Waals surface area contributed by atoms with Crippen molar-refractivity contribution in [3.05, 3.63) is 24.3 Å². The summed E-state index contributed by atoms with van der Waals surface area (Å²) >= 11 is 0. The lowest BCUT2D eigenvalue weighted by Crippen LogP contribution is -2.55. The van der Waals surface area contributed by atoms with Crippen LogP contribution in [-0.4, -0.2) is 54.3 Å². The summed E-state index contributed by atoms with van der Waals surface area (Å²) in [6.07, 6.45) is -8.27. The SMILES string of the molecule is CC(C)(C)OC(=O)C(O)C1OCCN(c2cccc(OC(F)(F)F)c2)C1=O. The van der Waals surface area contributed by atoms with Crippen molar-refractivity contribution in [3.63, 3.8) is 0 Å². The predicted molar refractivity (Wildman–Crippen MR) is 87.1 cm³/mol. The van der Waals surface area contributed by atoms with Gasteiger partial charge in [0.15, 0.2) is 12.2 Å². The van der Waals surface area contributed by atoms with Crippen molar-refractivity contribution < 1.29 is 42.1 Å². The van der Waals surface area contributed by atoms with E-state index in [1.807, 2.05) is 0 Å². The Kier molecular flexibility index (Phi) is 6.01. The molecular formula is C17H20F3NO6. The minimum absolute atomic E-state index is 0.0272. The number of carbonyl (C=O) groups excluding carboxylic acids is 2. The Morgan fingerprint density at radius 2 is 2.00 bits per heavy atom. The summed E-state index contributed by atoms with van der Waals surface area (Å²) < 4.78 is 51.2. The third kappa shape index (κ3) is 5.83. The molecule has 1 aromatic rings. The second-order valence-corrected chi connectivity index (χ2v) is 6.80. The van der Waals surface area contributed by atoms with E-state index in [4.69, 9.17) is 9.47 Å². The number of alkyl halides is 3. The Balaban J connectivity index is 2.17. The Morgan fingerprint density at radius 3 is 2.59 bits per heavy atom. The molecule has 1 fully saturated rings. The molecule has 1 heterocycles. The molecule has 0 bridgehead atoms. The van der Waals surface area contributed by atoms with Crippen LogP contribution in [0.5, 0.6) is 5.75 Å². The number of esters is 1. The first-order valence-corrected chi connectivity index (χ1v) is 8.07. The van der Waals surface area contributed by atoms with Crippen LogP contribution in [0.25, 0.3) is 0 Å². The molecule has 7 nitrogen and oxygen atoms in total. The number of hydrogen-bond donors (Lipinski definition) is 1. The molecule has 2 unspecified atom stereocenters. The van der Waals surface area contributed by atoms with Crippen molar-refractivity contribution in [2.45, 2.75) is 44.9 Å². The number of morpholine rings is 1. The molecule has 2 atom stereocenters. The van der Waals surface area contributed by atoms with Crippen molar-refractivity contribution in [2.75, 3.05) is 18.1 Å². The van der Waals surface area contributed by atoms with Gasteiger partial charge >= 0.3 is 12.3 Å². The first-order chi connectivity index (χ1) is 12.4. The largest absolute Gasteiger partial charge is 0.573 e. The minimum atomic E-state index is -4.87. The van der Waals surface area contributed by atoms with Crippen molar-refractivity contribution in [1.82, 2.24) is 0 Å². The molecule has 2 rings (SSSR count). The van der Waals surface area contributed by atoms with E-state index in [1.165, 1.54) is 12.1 Å². The zero-order valence-electron chi connectivity index (χ0n) is 14.9. The molecular weight excluding hydrogens is 371 g/mol. The summed E-state index contributed by atoms with van der Waals surface area (Å²) in [5, 5.41) is 10.1. The maximum atomic E-state index is 12.6. The molecule has 1 aliphatic heterocycles. The number of benzene rings is 1. The van der Waals surface area contributed by atoms with Gasteiger partial charge in [0.2, 0.25) is 0 Å². The van der Waals surface area contributed by atoms with Gasteiger partial charge in [0, 0.05) is 18.3 Å². The second-order valence-electron chi connectivity index (χ2n) is 6.80. The van der Waals surface area contributed by atoms with Gasteiger partial charge in [-0.2, -0.15) is 0 Å². The average Bonchev–Trinajstić information content (AvgIpc) is 2.51. The van der Waals surface area contributed by atoms with Crippen LogP contribution in [-0.2, 0) is 19.1 Å². The van der Waals surface area contributed by atoms with E-state index >= 15 is 0 Å². The van der Waals surface area contributed by atoms with Gasteiger partial charge in [-0.15, -0.1) is 13.2 Å². The molecule has 1 saturated heterocycles. The number of aliphatic hydroxyl groups excluding tert-OH is 1. The van der Waals surface area contributed by atoms with E-state index in [2.05, 4.69) is 4.74 Å². The summed E-state index contributed by atoms with van der Waals surface area (Å²) in [7, 11) is 0. The zero-order valence-corrected chi connectivity index (χ0v) is 14.9. The highest BCUT2D eigenvalue weighted by Gasteiger charge is 2.41. The Labute approximate surface area is 153 Å². The first kappa shape index (κ1) is 21.0. The quantitative estimate of drug-likeness (QED) is 0.791. The molecule has 1 amide bonds. The highest BCUT2D eigenvalue weighted by molar-refractivity contribution is 6.00. The third-order valence-electron chi connectivity index (χ3n) is 3.42. The van der Waals surface area contributed by atoms with Crippen molar-refractivity contribution in [1.29, 1.82) is 0 Å². The minimum Gasteiger partial charge on any atom is -0.458 e. The molecule has 10 heteroatoms. The number of ether oxygens (including phenoxy) is 3. The van der Waals surface area contributed by atoms with Crippen LogP contribution in [0, 0.1) is 0 Å². The lowest BCUT2D eigenvalue weighted by molar-refractivity contribution is -0.274. The van der Waals surface area contributed by atoms with Crippen LogP contribution >= 0.6 is 0 Å². The second kappa shape index (κ2) is 7.73. The van der Waals surface area contributed by atoms with E-state index in [0.29, 0.717) is 0 Å². The fourth-order valence-electron chi connectivity index (χ4n) is 2.42. The van der Waals surface area contributed by atoms with Gasteiger partial charge in [-0.05, 0) is 32.9 Å². The molecule has 1 N–H and O–H groups in total. The number of rotatable bonds is 4. The number of anilines is 1. The Morgan fingerprint density at radius 1 is 1.33 bits per heavy atom. The van der Waals surface area contributed by atoms with E-state index in [-0.39, 0.29) is 18.8 Å². The number of nitrogens with zero attached hydrogens (tertiary/aromatic N) is 1. The number of carbonyl (C=O) groups is 2. The van der Waals surface area contributed by atoms with Crippen molar-refractivity contribution in [2.24, 2.45) is 0 Å². The first-order valence-electron chi connectivity index (χ1n) is 8.07. The number of hydrogen-bond acceptors (Lipinski definition) is 6. The molecule has 150 valence electrons. The predicted octanol–water partition coefficient (Wildman–Crippen LogP) is 2.02. The van der Waals surface area contributed by atoms with Crippen LogP contribution in [0.15, 0.2) is 24.3 Å². The summed E-state index contributed by atoms with van der Waals surface area (Å²) in [6, 6.07) is 4.82. The maximum absolute atomic E-state index is 12.6. The van der Waals surface area contributed by atoms with Crippen LogP contribution in [0.3, 0.4) is 0 Å². The third-order valence-corrected chi connectivity index (χ3v) is 3.42. The van der Waals surface area contributed by atoms with Crippen molar-refractivity contribution >= 4 is 17.6 Å². The topological polar surface area (TPSA) is 85.3 Å². The van der Waals surface area contributed by atoms with Gasteiger partial charge in [0.1, 0.15) is 11.4 Å². The van der Waals surface area contributed by atoms with Crippen LogP contribution in [0.2, 0.25) is 0 Å². The van der Waals surface area contributed by atoms with E-state index in [1.54, 1.807) is 20.8 Å². The van der Waals surface area contributed by atoms with Crippen molar-refractivity contribution in [3.8, 4) is 5.75 Å². The van der Waals surface area contributed by atoms with Crippen LogP contribution in [0.4, 0.5) is 18.9 Å². The van der Waals surface area contributed by atoms with Gasteiger partial charge in [0.25, 0.3) is 5.91 Å². The maximum Gasteiger partial charge on any atom is 0.573 e.